The minimum atomic E-state index is -4.59. The van der Waals surface area contributed by atoms with Crippen LogP contribution >= 0.6 is 0 Å². The average Bonchev–Trinajstić information content (AvgIpc) is 2.45. The fourth-order valence-electron chi connectivity index (χ4n) is 1.77. The molecule has 0 aliphatic rings. The number of carbonyl (C=O) groups is 2. The smallest absolute Gasteiger partial charge is 0.425 e. The number of carbonyl (C=O) groups excluding carboxylic acids is 2. The van der Waals surface area contributed by atoms with Crippen molar-refractivity contribution < 1.29 is 27.5 Å². The number of hydrazine groups is 2. The first kappa shape index (κ1) is 18.7. The maximum atomic E-state index is 12.5. The van der Waals surface area contributed by atoms with Gasteiger partial charge in [-0.15, -0.1) is 0 Å². The number of alkyl halides is 3. The molecule has 1 unspecified atom stereocenters. The lowest BCUT2D eigenvalue weighted by Crippen LogP contribution is -2.52. The molecule has 10 heteroatoms. The van der Waals surface area contributed by atoms with Crippen LogP contribution < -0.4 is 16.7 Å². The van der Waals surface area contributed by atoms with Crippen molar-refractivity contribution >= 4 is 12.0 Å². The highest BCUT2D eigenvalue weighted by molar-refractivity contribution is 5.84. The summed E-state index contributed by atoms with van der Waals surface area (Å²) in [6, 6.07) is 4.77. The van der Waals surface area contributed by atoms with Crippen LogP contribution in [0, 0.1) is 6.92 Å². The van der Waals surface area contributed by atoms with Crippen LogP contribution in [0.25, 0.3) is 0 Å². The lowest BCUT2D eigenvalue weighted by molar-refractivity contribution is -0.156. The van der Waals surface area contributed by atoms with Crippen LogP contribution in [0.5, 0.6) is 0 Å². The Bertz CT molecular complexity index is 548. The van der Waals surface area contributed by atoms with E-state index in [-0.39, 0.29) is 5.56 Å². The van der Waals surface area contributed by atoms with Crippen LogP contribution in [-0.4, -0.2) is 36.8 Å². The molecule has 0 saturated heterocycles. The zero-order valence-corrected chi connectivity index (χ0v) is 12.5. The van der Waals surface area contributed by atoms with Gasteiger partial charge in [0.15, 0.2) is 0 Å². The molecular weight excluding hydrogens is 317 g/mol. The van der Waals surface area contributed by atoms with E-state index in [2.05, 4.69) is 4.74 Å². The number of methoxy groups -OCH3 is 1. The van der Waals surface area contributed by atoms with Crippen molar-refractivity contribution in [1.82, 2.24) is 15.9 Å². The Labute approximate surface area is 130 Å². The highest BCUT2D eigenvalue weighted by Gasteiger charge is 2.36. The Hall–Kier alpha value is -2.33. The van der Waals surface area contributed by atoms with Crippen LogP contribution in [0.1, 0.15) is 17.2 Å². The maximum Gasteiger partial charge on any atom is 0.425 e. The predicted molar refractivity (Wildman–Crippen MR) is 74.6 cm³/mol. The van der Waals surface area contributed by atoms with Crippen LogP contribution in [0.2, 0.25) is 0 Å². The number of aryl methyl sites for hydroxylation is 1. The largest absolute Gasteiger partial charge is 0.452 e. The van der Waals surface area contributed by atoms with E-state index >= 15 is 0 Å². The first-order valence-corrected chi connectivity index (χ1v) is 6.42. The van der Waals surface area contributed by atoms with Crippen molar-refractivity contribution in [3.05, 3.63) is 35.4 Å². The number of rotatable bonds is 4. The Morgan fingerprint density at radius 3 is 2.30 bits per heavy atom. The topological polar surface area (TPSA) is 96.7 Å². The van der Waals surface area contributed by atoms with Gasteiger partial charge in [-0.1, -0.05) is 29.8 Å². The summed E-state index contributed by atoms with van der Waals surface area (Å²) >= 11 is 0. The van der Waals surface area contributed by atoms with Gasteiger partial charge >= 0.3 is 12.3 Å². The summed E-state index contributed by atoms with van der Waals surface area (Å²) in [5.74, 6) is 4.48. The number of ether oxygens (including phenoxy) is 1. The zero-order chi connectivity index (χ0) is 17.6. The van der Waals surface area contributed by atoms with Crippen molar-refractivity contribution in [1.29, 1.82) is 0 Å². The lowest BCUT2D eigenvalue weighted by Gasteiger charge is -2.27. The van der Waals surface area contributed by atoms with Gasteiger partial charge in [-0.25, -0.2) is 15.2 Å². The Morgan fingerprint density at radius 2 is 1.83 bits per heavy atom. The first-order valence-electron chi connectivity index (χ1n) is 6.42. The van der Waals surface area contributed by atoms with Gasteiger partial charge in [0, 0.05) is 0 Å². The summed E-state index contributed by atoms with van der Waals surface area (Å²) in [4.78, 5) is 23.1. The monoisotopic (exact) mass is 334 g/mol. The van der Waals surface area contributed by atoms with Crippen molar-refractivity contribution in [3.8, 4) is 0 Å². The van der Waals surface area contributed by atoms with E-state index in [0.29, 0.717) is 5.01 Å². The molecule has 0 saturated carbocycles. The quantitative estimate of drug-likeness (QED) is 0.567. The molecule has 1 rings (SSSR count). The summed E-state index contributed by atoms with van der Waals surface area (Å²) in [6.07, 6.45) is -5.56. The molecular formula is C13H17F3N4O3. The molecule has 0 aliphatic carbocycles. The number of nitrogens with one attached hydrogen (secondary N) is 2. The highest BCUT2D eigenvalue weighted by atomic mass is 19.4. The highest BCUT2D eigenvalue weighted by Crippen LogP contribution is 2.23. The Morgan fingerprint density at radius 1 is 1.26 bits per heavy atom. The van der Waals surface area contributed by atoms with Crippen molar-refractivity contribution in [2.75, 3.05) is 13.7 Å². The second-order valence-corrected chi connectivity index (χ2v) is 4.71. The van der Waals surface area contributed by atoms with E-state index in [9.17, 15) is 22.8 Å². The van der Waals surface area contributed by atoms with E-state index in [1.54, 1.807) is 19.1 Å². The Balaban J connectivity index is 2.98. The number of nitrogens with zero attached hydrogens (tertiary/aromatic N) is 1. The minimum absolute atomic E-state index is 0.242. The van der Waals surface area contributed by atoms with Crippen molar-refractivity contribution in [2.45, 2.75) is 19.1 Å². The van der Waals surface area contributed by atoms with Crippen molar-refractivity contribution in [3.63, 3.8) is 0 Å². The van der Waals surface area contributed by atoms with E-state index in [1.807, 2.05) is 10.9 Å². The van der Waals surface area contributed by atoms with E-state index in [4.69, 9.17) is 5.84 Å². The third-order valence-electron chi connectivity index (χ3n) is 2.81. The van der Waals surface area contributed by atoms with Crippen LogP contribution in [0.3, 0.4) is 0 Å². The number of hydrogen-bond donors (Lipinski definition) is 3. The maximum absolute atomic E-state index is 12.5. The molecule has 7 nitrogen and oxygen atoms in total. The van der Waals surface area contributed by atoms with E-state index in [0.717, 1.165) is 12.7 Å². The number of hydrogen-bond acceptors (Lipinski definition) is 5. The minimum Gasteiger partial charge on any atom is -0.452 e. The molecule has 2 amide bonds. The molecule has 1 atom stereocenters. The molecule has 1 aromatic rings. The van der Waals surface area contributed by atoms with Crippen LogP contribution in [0.15, 0.2) is 24.3 Å². The zero-order valence-electron chi connectivity index (χ0n) is 12.5. The molecule has 0 heterocycles. The number of halogens is 3. The van der Waals surface area contributed by atoms with Crippen LogP contribution in [0.4, 0.5) is 18.0 Å². The molecule has 0 bridgehead atoms. The summed E-state index contributed by atoms with van der Waals surface area (Å²) in [7, 11) is 1.07. The molecule has 23 heavy (non-hydrogen) atoms. The van der Waals surface area contributed by atoms with Crippen LogP contribution in [-0.2, 0) is 9.53 Å². The summed E-state index contributed by atoms with van der Waals surface area (Å²) in [5, 5.41) is 0.346. The third-order valence-corrected chi connectivity index (χ3v) is 2.81. The van der Waals surface area contributed by atoms with Gasteiger partial charge in [0.1, 0.15) is 12.6 Å². The molecule has 0 radical (unpaired) electrons. The number of amides is 2. The van der Waals surface area contributed by atoms with E-state index < -0.39 is 30.8 Å². The molecule has 128 valence electrons. The molecule has 0 spiro atoms. The summed E-state index contributed by atoms with van der Waals surface area (Å²) in [5.41, 5.74) is 4.95. The van der Waals surface area contributed by atoms with Gasteiger partial charge in [0.2, 0.25) is 0 Å². The Kier molecular flexibility index (Phi) is 6.34. The van der Waals surface area contributed by atoms with Crippen molar-refractivity contribution in [2.24, 2.45) is 5.84 Å². The van der Waals surface area contributed by atoms with Gasteiger partial charge in [-0.3, -0.25) is 16.1 Å². The van der Waals surface area contributed by atoms with Gasteiger partial charge in [-0.05, 0) is 12.5 Å². The standard InChI is InChI=1S/C13H17F3N4O3/c1-8-3-5-9(6-4-8)10(20(17)7-13(14,15)16)11(21)18-19-12(22)23-2/h3-6,10H,7,17H2,1-2H3,(H,18,21)(H,19,22). The molecule has 4 N–H and O–H groups in total. The second kappa shape index (κ2) is 7.79. The second-order valence-electron chi connectivity index (χ2n) is 4.71. The number of nitrogens with two attached hydrogens (primary N) is 1. The molecule has 1 aromatic carbocycles. The van der Waals surface area contributed by atoms with E-state index in [1.165, 1.54) is 12.1 Å². The average molecular weight is 334 g/mol. The summed E-state index contributed by atoms with van der Waals surface area (Å²) < 4.78 is 41.9. The molecule has 0 fully saturated rings. The number of benzene rings is 1. The first-order chi connectivity index (χ1) is 10.6. The van der Waals surface area contributed by atoms with Gasteiger partial charge < -0.3 is 4.74 Å². The normalized spacial score (nSPS) is 12.7. The molecule has 0 aliphatic heterocycles. The fraction of sp³-hybridized carbons (Fsp3) is 0.385. The predicted octanol–water partition coefficient (Wildman–Crippen LogP) is 1.16. The molecule has 0 aromatic heterocycles. The van der Waals surface area contributed by atoms with Gasteiger partial charge in [0.25, 0.3) is 5.91 Å². The van der Waals surface area contributed by atoms with Gasteiger partial charge in [-0.2, -0.15) is 13.2 Å². The SMILES string of the molecule is COC(=O)NNC(=O)C(c1ccc(C)cc1)N(N)CC(F)(F)F. The third kappa shape index (κ3) is 6.12. The van der Waals surface area contributed by atoms with Gasteiger partial charge in [0.05, 0.1) is 7.11 Å². The summed E-state index contributed by atoms with van der Waals surface area (Å²) in [6.45, 7) is 0.283. The lowest BCUT2D eigenvalue weighted by atomic mass is 10.0. The fourth-order valence-corrected chi connectivity index (χ4v) is 1.77.